The number of ether oxygens (including phenoxy) is 3. The van der Waals surface area contributed by atoms with Crippen molar-refractivity contribution < 1.29 is 64.0 Å². The van der Waals surface area contributed by atoms with Crippen LogP contribution in [0.5, 0.6) is 17.2 Å². The second kappa shape index (κ2) is 10.2. The van der Waals surface area contributed by atoms with Crippen molar-refractivity contribution in [3.8, 4) is 17.2 Å². The fraction of sp³-hybridized carbons (Fsp3) is 0.375. The number of hydrogen-bond donors (Lipinski definition) is 6. The van der Waals surface area contributed by atoms with Crippen molar-refractivity contribution in [3.05, 3.63) is 69.3 Å². The predicted molar refractivity (Wildman–Crippen MR) is 151 cm³/mol. The quantitative estimate of drug-likeness (QED) is 0.206. The van der Waals surface area contributed by atoms with Gasteiger partial charge >= 0.3 is 11.9 Å². The maximum Gasteiger partial charge on any atom is 0.358 e. The molecule has 0 amide bonds. The number of fused-ring (bicyclic) bond motifs is 5. The number of benzene rings is 2. The summed E-state index contributed by atoms with van der Waals surface area (Å²) in [5.74, 6) is -7.61. The van der Waals surface area contributed by atoms with Crippen molar-refractivity contribution >= 4 is 29.3 Å². The summed E-state index contributed by atoms with van der Waals surface area (Å²) >= 11 is 0. The SMILES string of the molecule is COC(=O)C1C=CC2(Cc3cc(O)c4c(c31)OC1(C(=O)OC)C(=C4O)C(=O)CCC1O)C(O)C(=O)c1c(O)cc(C)cc1C2O. The van der Waals surface area contributed by atoms with Crippen LogP contribution in [-0.4, -0.2) is 86.2 Å². The maximum absolute atomic E-state index is 13.5. The van der Waals surface area contributed by atoms with Crippen LogP contribution < -0.4 is 4.74 Å². The van der Waals surface area contributed by atoms with E-state index in [0.717, 1.165) is 20.3 Å². The lowest BCUT2D eigenvalue weighted by molar-refractivity contribution is -0.169. The van der Waals surface area contributed by atoms with E-state index >= 15 is 0 Å². The first-order valence-electron chi connectivity index (χ1n) is 14.1. The molecule has 0 saturated heterocycles. The number of aliphatic hydroxyl groups excluding tert-OH is 4. The Morgan fingerprint density at radius 2 is 1.64 bits per heavy atom. The van der Waals surface area contributed by atoms with Crippen LogP contribution in [0.15, 0.2) is 35.9 Å². The van der Waals surface area contributed by atoms with Gasteiger partial charge in [-0.15, -0.1) is 0 Å². The molecule has 6 rings (SSSR count). The molecule has 1 heterocycles. The Balaban J connectivity index is 1.65. The van der Waals surface area contributed by atoms with Gasteiger partial charge in [-0.3, -0.25) is 14.4 Å². The van der Waals surface area contributed by atoms with Crippen LogP contribution in [0.2, 0.25) is 0 Å². The molecule has 1 aliphatic heterocycles. The number of aliphatic hydroxyl groups is 4. The van der Waals surface area contributed by atoms with E-state index in [9.17, 15) is 49.8 Å². The second-order valence-electron chi connectivity index (χ2n) is 11.8. The normalized spacial score (nSPS) is 30.0. The number of phenolic OH excluding ortho intramolecular Hbond substituents is 2. The molecule has 3 aliphatic carbocycles. The number of ketones is 2. The zero-order valence-corrected chi connectivity index (χ0v) is 24.4. The molecule has 45 heavy (non-hydrogen) atoms. The summed E-state index contributed by atoms with van der Waals surface area (Å²) < 4.78 is 16.1. The average Bonchev–Trinajstić information content (AvgIpc) is 3.17. The summed E-state index contributed by atoms with van der Waals surface area (Å²) in [6.07, 6.45) is -3.63. The van der Waals surface area contributed by atoms with Gasteiger partial charge in [-0.2, -0.15) is 0 Å². The van der Waals surface area contributed by atoms with Gasteiger partial charge in [0.25, 0.3) is 5.60 Å². The van der Waals surface area contributed by atoms with Crippen molar-refractivity contribution in [2.45, 2.75) is 56.0 Å². The minimum atomic E-state index is -2.56. The highest BCUT2D eigenvalue weighted by Gasteiger charge is 2.62. The van der Waals surface area contributed by atoms with E-state index in [1.807, 2.05) is 0 Å². The van der Waals surface area contributed by atoms with Crippen molar-refractivity contribution in [3.63, 3.8) is 0 Å². The molecule has 0 aromatic heterocycles. The van der Waals surface area contributed by atoms with E-state index in [-0.39, 0.29) is 35.1 Å². The van der Waals surface area contributed by atoms with E-state index in [0.29, 0.717) is 5.56 Å². The van der Waals surface area contributed by atoms with Crippen LogP contribution in [0, 0.1) is 12.3 Å². The van der Waals surface area contributed by atoms with Gasteiger partial charge in [0, 0.05) is 12.0 Å². The minimum Gasteiger partial charge on any atom is -0.507 e. The molecule has 4 aliphatic rings. The molecule has 6 unspecified atom stereocenters. The highest BCUT2D eigenvalue weighted by atomic mass is 16.6. The van der Waals surface area contributed by atoms with Gasteiger partial charge in [0.1, 0.15) is 46.7 Å². The van der Waals surface area contributed by atoms with Crippen LogP contribution in [-0.2, 0) is 30.3 Å². The molecule has 0 radical (unpaired) electrons. The Hall–Kier alpha value is -4.72. The smallest absolute Gasteiger partial charge is 0.358 e. The summed E-state index contributed by atoms with van der Waals surface area (Å²) in [6.45, 7) is 1.64. The molecule has 1 spiro atoms. The van der Waals surface area contributed by atoms with E-state index < -0.39 is 99.3 Å². The number of phenols is 2. The molecule has 236 valence electrons. The van der Waals surface area contributed by atoms with Crippen LogP contribution in [0.1, 0.15) is 63.0 Å². The number of esters is 2. The van der Waals surface area contributed by atoms with Crippen LogP contribution in [0.4, 0.5) is 0 Å². The van der Waals surface area contributed by atoms with Gasteiger partial charge in [0.15, 0.2) is 11.6 Å². The largest absolute Gasteiger partial charge is 0.507 e. The number of carbonyl (C=O) groups is 4. The lowest BCUT2D eigenvalue weighted by Crippen LogP contribution is -2.61. The molecular formula is C32H30O13. The first kappa shape index (κ1) is 30.3. The Morgan fingerprint density at radius 3 is 2.31 bits per heavy atom. The van der Waals surface area contributed by atoms with Gasteiger partial charge in [0.2, 0.25) is 0 Å². The Morgan fingerprint density at radius 1 is 0.956 bits per heavy atom. The number of aromatic hydroxyl groups is 2. The average molecular weight is 623 g/mol. The van der Waals surface area contributed by atoms with Crippen molar-refractivity contribution in [1.82, 2.24) is 0 Å². The Bertz CT molecular complexity index is 1770. The van der Waals surface area contributed by atoms with Gasteiger partial charge < -0.3 is 44.8 Å². The first-order valence-corrected chi connectivity index (χ1v) is 14.1. The van der Waals surface area contributed by atoms with Gasteiger partial charge in [0.05, 0.1) is 36.9 Å². The zero-order chi connectivity index (χ0) is 32.7. The number of Topliss-reactive ketones (excluding diaryl/α,β-unsaturated/α-hetero) is 2. The molecular weight excluding hydrogens is 592 g/mol. The zero-order valence-electron chi connectivity index (χ0n) is 24.4. The lowest BCUT2D eigenvalue weighted by atomic mass is 9.63. The van der Waals surface area contributed by atoms with Crippen LogP contribution in [0.25, 0.3) is 5.76 Å². The van der Waals surface area contributed by atoms with E-state index in [1.54, 1.807) is 6.92 Å². The summed E-state index contributed by atoms with van der Waals surface area (Å²) in [4.78, 5) is 53.1. The molecule has 0 bridgehead atoms. The monoisotopic (exact) mass is 622 g/mol. The summed E-state index contributed by atoms with van der Waals surface area (Å²) in [7, 11) is 2.08. The predicted octanol–water partition coefficient (Wildman–Crippen LogP) is 1.35. The van der Waals surface area contributed by atoms with E-state index in [2.05, 4.69) is 0 Å². The van der Waals surface area contributed by atoms with E-state index in [4.69, 9.17) is 14.2 Å². The lowest BCUT2D eigenvalue weighted by Gasteiger charge is -2.44. The molecule has 13 heteroatoms. The number of methoxy groups -OCH3 is 2. The fourth-order valence-electron chi connectivity index (χ4n) is 7.21. The number of hydrogen-bond acceptors (Lipinski definition) is 13. The third kappa shape index (κ3) is 3.90. The number of rotatable bonds is 2. The molecule has 13 nitrogen and oxygen atoms in total. The van der Waals surface area contributed by atoms with Crippen molar-refractivity contribution in [2.24, 2.45) is 5.41 Å². The van der Waals surface area contributed by atoms with Crippen LogP contribution in [0.3, 0.4) is 0 Å². The summed E-state index contributed by atoms with van der Waals surface area (Å²) in [5.41, 5.74) is -5.27. The Labute approximate surface area is 255 Å². The van der Waals surface area contributed by atoms with Gasteiger partial charge in [-0.1, -0.05) is 18.2 Å². The van der Waals surface area contributed by atoms with Crippen molar-refractivity contribution in [1.29, 1.82) is 0 Å². The summed E-state index contributed by atoms with van der Waals surface area (Å²) in [5, 5.41) is 67.5. The first-order chi connectivity index (χ1) is 21.2. The molecule has 6 atom stereocenters. The van der Waals surface area contributed by atoms with E-state index in [1.165, 1.54) is 24.3 Å². The number of carbonyl (C=O) groups excluding carboxylic acids is 4. The van der Waals surface area contributed by atoms with Crippen molar-refractivity contribution in [2.75, 3.05) is 14.2 Å². The molecule has 1 saturated carbocycles. The standard InChI is InChI=1S/C32H30O13/c1-12-8-15-21(17(34)9-12)25(38)28(40)31(27(15)39)7-6-14(29(41)43-2)20-13(11-31)10-18(35)22-24(37)23-16(33)4-5-19(36)32(23,30(42)44-3)45-26(20)22/h6-10,14,19,27-28,34-37,39-40H,4-5,11H2,1-3H3. The highest BCUT2D eigenvalue weighted by Crippen LogP contribution is 2.57. The molecule has 2 aromatic rings. The summed E-state index contributed by atoms with van der Waals surface area (Å²) in [6, 6.07) is 3.93. The topological polar surface area (TPSA) is 217 Å². The third-order valence-corrected chi connectivity index (χ3v) is 9.34. The van der Waals surface area contributed by atoms with Gasteiger partial charge in [-0.05, 0) is 48.6 Å². The maximum atomic E-state index is 13.5. The second-order valence-corrected chi connectivity index (χ2v) is 11.8. The Kier molecular flexibility index (Phi) is 6.84. The third-order valence-electron chi connectivity index (χ3n) is 9.34. The number of aryl methyl sites for hydroxylation is 1. The highest BCUT2D eigenvalue weighted by molar-refractivity contribution is 6.12. The van der Waals surface area contributed by atoms with Crippen LogP contribution >= 0.6 is 0 Å². The molecule has 2 aromatic carbocycles. The minimum absolute atomic E-state index is 0.0302. The molecule has 1 fully saturated rings. The molecule has 6 N–H and O–H groups in total. The fourth-order valence-corrected chi connectivity index (χ4v) is 7.21. The van der Waals surface area contributed by atoms with Gasteiger partial charge in [-0.25, -0.2) is 4.79 Å².